The van der Waals surface area contributed by atoms with Crippen LogP contribution in [-0.2, 0) is 16.1 Å². The van der Waals surface area contributed by atoms with Crippen LogP contribution in [0.5, 0.6) is 0 Å². The van der Waals surface area contributed by atoms with Crippen molar-refractivity contribution in [1.29, 1.82) is 0 Å². The van der Waals surface area contributed by atoms with Gasteiger partial charge in [0.1, 0.15) is 5.54 Å². The van der Waals surface area contributed by atoms with Crippen molar-refractivity contribution in [3.8, 4) is 0 Å². The van der Waals surface area contributed by atoms with E-state index in [0.29, 0.717) is 19.4 Å². The van der Waals surface area contributed by atoms with Crippen molar-refractivity contribution in [3.63, 3.8) is 0 Å². The third-order valence-electron chi connectivity index (χ3n) is 7.17. The predicted molar refractivity (Wildman–Crippen MR) is 117 cm³/mol. The van der Waals surface area contributed by atoms with Crippen molar-refractivity contribution < 1.29 is 19.5 Å². The smallest absolute Gasteiger partial charge is 0.325 e. The van der Waals surface area contributed by atoms with E-state index in [1.54, 1.807) is 20.0 Å². The zero-order valence-electron chi connectivity index (χ0n) is 18.5. The van der Waals surface area contributed by atoms with Gasteiger partial charge in [-0.2, -0.15) is 0 Å². The van der Waals surface area contributed by atoms with Gasteiger partial charge in [-0.25, -0.2) is 4.79 Å². The van der Waals surface area contributed by atoms with Crippen molar-refractivity contribution >= 4 is 28.7 Å². The quantitative estimate of drug-likeness (QED) is 0.689. The van der Waals surface area contributed by atoms with Crippen LogP contribution in [0.3, 0.4) is 0 Å². The molecule has 0 aliphatic carbocycles. The molecule has 2 unspecified atom stereocenters. The van der Waals surface area contributed by atoms with E-state index in [9.17, 15) is 19.5 Å². The number of hydrogen-bond acceptors (Lipinski definition) is 5. The van der Waals surface area contributed by atoms with Crippen LogP contribution in [0.15, 0.2) is 30.7 Å². The first-order chi connectivity index (χ1) is 15.2. The van der Waals surface area contributed by atoms with Gasteiger partial charge in [0, 0.05) is 42.8 Å². The summed E-state index contributed by atoms with van der Waals surface area (Å²) < 4.78 is 2.04. The summed E-state index contributed by atoms with van der Waals surface area (Å²) in [5, 5.41) is 15.2. The van der Waals surface area contributed by atoms with E-state index in [0.717, 1.165) is 28.6 Å². The highest BCUT2D eigenvalue weighted by molar-refractivity contribution is 6.06. The van der Waals surface area contributed by atoms with Crippen LogP contribution in [0.25, 0.3) is 10.9 Å². The fraction of sp³-hybridized carbons (Fsp3) is 0.565. The lowest BCUT2D eigenvalue weighted by molar-refractivity contribution is -0.142. The van der Waals surface area contributed by atoms with Gasteiger partial charge in [0.05, 0.1) is 23.9 Å². The lowest BCUT2D eigenvalue weighted by Gasteiger charge is -2.44. The molecule has 0 spiro atoms. The van der Waals surface area contributed by atoms with E-state index < -0.39 is 17.2 Å². The summed E-state index contributed by atoms with van der Waals surface area (Å²) in [6, 6.07) is 3.48. The number of imide groups is 1. The number of piperidine rings is 1. The van der Waals surface area contributed by atoms with Crippen LogP contribution in [0, 0.1) is 0 Å². The number of pyridine rings is 1. The molecule has 4 amide bonds. The second kappa shape index (κ2) is 7.30. The fourth-order valence-corrected chi connectivity index (χ4v) is 5.70. The minimum Gasteiger partial charge on any atom is -0.388 e. The summed E-state index contributed by atoms with van der Waals surface area (Å²) in [5.41, 5.74) is -0.832. The zero-order valence-corrected chi connectivity index (χ0v) is 18.5. The van der Waals surface area contributed by atoms with E-state index >= 15 is 0 Å². The first-order valence-corrected chi connectivity index (χ1v) is 11.2. The molecule has 2 N–H and O–H groups in total. The number of aliphatic hydroxyl groups is 1. The fourth-order valence-electron chi connectivity index (χ4n) is 5.70. The maximum atomic E-state index is 13.1. The van der Waals surface area contributed by atoms with Crippen LogP contribution in [0.1, 0.15) is 46.0 Å². The number of amides is 4. The van der Waals surface area contributed by atoms with Crippen molar-refractivity contribution in [3.05, 3.63) is 30.7 Å². The molecule has 3 fully saturated rings. The number of fused-ring (bicyclic) bond motifs is 3. The van der Waals surface area contributed by atoms with E-state index in [4.69, 9.17) is 0 Å². The van der Waals surface area contributed by atoms with Crippen molar-refractivity contribution in [1.82, 2.24) is 24.7 Å². The predicted octanol–water partition coefficient (Wildman–Crippen LogP) is 1.64. The highest BCUT2D eigenvalue weighted by Crippen LogP contribution is 2.42. The second-order valence-electron chi connectivity index (χ2n) is 9.96. The maximum absolute atomic E-state index is 13.1. The van der Waals surface area contributed by atoms with E-state index in [1.165, 1.54) is 0 Å². The monoisotopic (exact) mass is 439 g/mol. The molecule has 2 atom stereocenters. The van der Waals surface area contributed by atoms with Crippen molar-refractivity contribution in [2.24, 2.45) is 0 Å². The lowest BCUT2D eigenvalue weighted by Crippen LogP contribution is -2.55. The molecule has 5 heterocycles. The third kappa shape index (κ3) is 3.44. The Balaban J connectivity index is 1.24. The molecule has 32 heavy (non-hydrogen) atoms. The molecule has 2 bridgehead atoms. The first kappa shape index (κ1) is 20.9. The van der Waals surface area contributed by atoms with Gasteiger partial charge >= 0.3 is 6.03 Å². The molecule has 2 aromatic rings. The van der Waals surface area contributed by atoms with Gasteiger partial charge in [0.15, 0.2) is 0 Å². The molecule has 0 radical (unpaired) electrons. The number of carbonyl (C=O) groups is 3. The molecule has 2 aromatic heterocycles. The van der Waals surface area contributed by atoms with Gasteiger partial charge in [-0.15, -0.1) is 0 Å². The van der Waals surface area contributed by atoms with E-state index in [2.05, 4.69) is 10.3 Å². The highest BCUT2D eigenvalue weighted by atomic mass is 16.3. The Bertz CT molecular complexity index is 1080. The summed E-state index contributed by atoms with van der Waals surface area (Å²) in [6.45, 7) is 3.86. The van der Waals surface area contributed by atoms with E-state index in [1.807, 2.05) is 34.0 Å². The normalized spacial score (nSPS) is 29.1. The van der Waals surface area contributed by atoms with Gasteiger partial charge in [0.25, 0.3) is 5.91 Å². The Labute approximate surface area is 186 Å². The largest absolute Gasteiger partial charge is 0.388 e. The molecule has 3 aliphatic rings. The molecule has 9 heteroatoms. The number of carbonyl (C=O) groups excluding carboxylic acids is 3. The maximum Gasteiger partial charge on any atom is 0.325 e. The van der Waals surface area contributed by atoms with Gasteiger partial charge in [-0.05, 0) is 51.7 Å². The zero-order chi connectivity index (χ0) is 22.7. The minimum atomic E-state index is -0.932. The van der Waals surface area contributed by atoms with Crippen LogP contribution in [-0.4, -0.2) is 72.1 Å². The Hall–Kier alpha value is -2.94. The summed E-state index contributed by atoms with van der Waals surface area (Å²) in [7, 11) is 0. The van der Waals surface area contributed by atoms with Crippen molar-refractivity contribution in [2.45, 2.75) is 75.7 Å². The standard InChI is InChI=1S/C23H29N5O4/c1-22(2)20(30)27(21(31)25-22)10-7-19(29)28-16-3-4-17(28)12-23(32,11-16)14-26-9-6-15-5-8-24-13-18(15)26/h5-6,8-9,13,16-17,32H,3-4,7,10-12,14H2,1-2H3,(H,25,31). The number of hydrogen-bond donors (Lipinski definition) is 2. The van der Waals surface area contributed by atoms with E-state index in [-0.39, 0.29) is 36.9 Å². The van der Waals surface area contributed by atoms with Crippen LogP contribution in [0.4, 0.5) is 4.79 Å². The topological polar surface area (TPSA) is 108 Å². The molecule has 5 rings (SSSR count). The number of nitrogens with one attached hydrogen (secondary N) is 1. The minimum absolute atomic E-state index is 0.0225. The van der Waals surface area contributed by atoms with Crippen LogP contribution in [0.2, 0.25) is 0 Å². The molecule has 0 aromatic carbocycles. The highest BCUT2D eigenvalue weighted by Gasteiger charge is 2.50. The Kier molecular flexibility index (Phi) is 4.77. The van der Waals surface area contributed by atoms with Crippen LogP contribution < -0.4 is 5.32 Å². The molecular formula is C23H29N5O4. The number of nitrogens with zero attached hydrogens (tertiary/aromatic N) is 4. The molecule has 0 saturated carbocycles. The number of rotatable bonds is 5. The second-order valence-corrected chi connectivity index (χ2v) is 9.96. The summed E-state index contributed by atoms with van der Waals surface area (Å²) in [4.78, 5) is 44.7. The van der Waals surface area contributed by atoms with Gasteiger partial charge in [-0.1, -0.05) is 0 Å². The molecule has 3 saturated heterocycles. The summed E-state index contributed by atoms with van der Waals surface area (Å²) in [5.74, 6) is -0.361. The van der Waals surface area contributed by atoms with Crippen molar-refractivity contribution in [2.75, 3.05) is 6.54 Å². The van der Waals surface area contributed by atoms with Gasteiger partial charge in [0.2, 0.25) is 5.91 Å². The SMILES string of the molecule is CC1(C)NC(=O)N(CCC(=O)N2C3CCC2CC(O)(Cn2ccc4ccncc42)C3)C1=O. The first-order valence-electron chi connectivity index (χ1n) is 11.2. The molecule has 3 aliphatic heterocycles. The van der Waals surface area contributed by atoms with Gasteiger partial charge in [-0.3, -0.25) is 19.5 Å². The number of aromatic nitrogens is 2. The third-order valence-corrected chi connectivity index (χ3v) is 7.17. The number of urea groups is 1. The molecule has 9 nitrogen and oxygen atoms in total. The molecular weight excluding hydrogens is 410 g/mol. The lowest BCUT2D eigenvalue weighted by atomic mass is 9.85. The van der Waals surface area contributed by atoms with Crippen LogP contribution >= 0.6 is 0 Å². The average Bonchev–Trinajstić information content (AvgIpc) is 3.32. The summed E-state index contributed by atoms with van der Waals surface area (Å²) in [6.07, 6.45) is 8.41. The average molecular weight is 440 g/mol. The molecule has 170 valence electrons. The Morgan fingerprint density at radius 3 is 2.59 bits per heavy atom. The Morgan fingerprint density at radius 2 is 1.94 bits per heavy atom. The summed E-state index contributed by atoms with van der Waals surface area (Å²) >= 11 is 0. The Morgan fingerprint density at radius 1 is 1.22 bits per heavy atom. The van der Waals surface area contributed by atoms with Gasteiger partial charge < -0.3 is 19.9 Å².